The van der Waals surface area contributed by atoms with E-state index in [1.54, 1.807) is 11.6 Å². The lowest BCUT2D eigenvalue weighted by molar-refractivity contribution is -0.388. The fraction of sp³-hybridized carbons (Fsp3) is 0.438. The Morgan fingerprint density at radius 2 is 2.17 bits per heavy atom. The van der Waals surface area contributed by atoms with E-state index < -0.39 is 4.92 Å². The molecule has 8 nitrogen and oxygen atoms in total. The van der Waals surface area contributed by atoms with Gasteiger partial charge in [0.15, 0.2) is 11.5 Å². The van der Waals surface area contributed by atoms with Gasteiger partial charge in [-0.15, -0.1) is 0 Å². The second-order valence-electron chi connectivity index (χ2n) is 5.98. The van der Waals surface area contributed by atoms with Crippen molar-refractivity contribution in [1.82, 2.24) is 9.55 Å². The number of aryl methyl sites for hydroxylation is 1. The Morgan fingerprint density at radius 1 is 1.33 bits per heavy atom. The monoisotopic (exact) mass is 330 g/mol. The molecule has 0 aliphatic carbocycles. The van der Waals surface area contributed by atoms with E-state index in [1.807, 2.05) is 18.2 Å². The minimum absolute atomic E-state index is 0.00995. The zero-order chi connectivity index (χ0) is 16.7. The van der Waals surface area contributed by atoms with Gasteiger partial charge in [0, 0.05) is 19.2 Å². The fourth-order valence-corrected chi connectivity index (χ4v) is 3.57. The Labute approximate surface area is 138 Å². The van der Waals surface area contributed by atoms with Gasteiger partial charge in [-0.05, 0) is 28.8 Å². The first-order valence-corrected chi connectivity index (χ1v) is 7.97. The summed E-state index contributed by atoms with van der Waals surface area (Å²) in [5, 5.41) is 11.3. The number of anilines is 1. The number of benzene rings is 1. The Balaban J connectivity index is 1.77. The molecule has 0 spiro atoms. The summed E-state index contributed by atoms with van der Waals surface area (Å²) >= 11 is 0. The molecule has 1 aromatic heterocycles. The molecule has 1 atom stereocenters. The molecule has 3 heterocycles. The summed E-state index contributed by atoms with van der Waals surface area (Å²) in [5.41, 5.74) is 1.01. The molecular weight excluding hydrogens is 312 g/mol. The van der Waals surface area contributed by atoms with Crippen molar-refractivity contribution in [3.8, 4) is 11.5 Å². The molecule has 1 aromatic carbocycles. The van der Waals surface area contributed by atoms with E-state index in [2.05, 4.69) is 9.88 Å². The number of para-hydroxylation sites is 1. The van der Waals surface area contributed by atoms with Crippen molar-refractivity contribution < 1.29 is 14.4 Å². The van der Waals surface area contributed by atoms with Gasteiger partial charge in [0.25, 0.3) is 0 Å². The molecule has 0 N–H and O–H groups in total. The number of nitro groups is 1. The van der Waals surface area contributed by atoms with E-state index in [1.165, 1.54) is 6.33 Å². The van der Waals surface area contributed by atoms with Crippen molar-refractivity contribution in [2.24, 2.45) is 7.05 Å². The van der Waals surface area contributed by atoms with Gasteiger partial charge in [0.2, 0.25) is 12.1 Å². The van der Waals surface area contributed by atoms with Crippen molar-refractivity contribution in [2.45, 2.75) is 18.9 Å². The maximum Gasteiger partial charge on any atom is 0.406 e. The molecule has 0 bridgehead atoms. The van der Waals surface area contributed by atoms with Crippen LogP contribution < -0.4 is 14.4 Å². The highest BCUT2D eigenvalue weighted by Gasteiger charge is 2.36. The van der Waals surface area contributed by atoms with Crippen molar-refractivity contribution in [3.05, 3.63) is 40.2 Å². The highest BCUT2D eigenvalue weighted by atomic mass is 16.6. The number of ether oxygens (including phenoxy) is 2. The molecule has 0 amide bonds. The number of rotatable bonds is 3. The zero-order valence-electron chi connectivity index (χ0n) is 13.3. The fourth-order valence-electron chi connectivity index (χ4n) is 3.57. The Bertz CT molecular complexity index is 788. The third kappa shape index (κ3) is 2.26. The van der Waals surface area contributed by atoms with Crippen LogP contribution in [0.25, 0.3) is 0 Å². The number of nitrogens with zero attached hydrogens (tertiary/aromatic N) is 4. The van der Waals surface area contributed by atoms with Crippen LogP contribution in [0.5, 0.6) is 11.5 Å². The predicted octanol–water partition coefficient (Wildman–Crippen LogP) is 2.44. The predicted molar refractivity (Wildman–Crippen MR) is 86.6 cm³/mol. The van der Waals surface area contributed by atoms with Crippen LogP contribution in [-0.2, 0) is 7.05 Å². The number of fused-ring (bicyclic) bond motifs is 1. The number of imidazole rings is 1. The van der Waals surface area contributed by atoms with Gasteiger partial charge in [0.1, 0.15) is 13.2 Å². The molecule has 8 heteroatoms. The molecule has 126 valence electrons. The van der Waals surface area contributed by atoms with Crippen LogP contribution in [0.4, 0.5) is 11.6 Å². The van der Waals surface area contributed by atoms with Gasteiger partial charge in [0.05, 0.1) is 6.04 Å². The zero-order valence-corrected chi connectivity index (χ0v) is 13.3. The van der Waals surface area contributed by atoms with Crippen LogP contribution in [0.3, 0.4) is 0 Å². The van der Waals surface area contributed by atoms with Crippen LogP contribution in [0.15, 0.2) is 24.5 Å². The summed E-state index contributed by atoms with van der Waals surface area (Å²) in [5.74, 6) is 1.93. The molecule has 2 aliphatic rings. The SMILES string of the molecule is Cn1cnc([N+](=O)[O-])c1N1CCC[C@@H]1c1cccc2c1OCCO2. The lowest BCUT2D eigenvalue weighted by atomic mass is 10.0. The Hall–Kier alpha value is -2.77. The third-order valence-electron chi connectivity index (χ3n) is 4.54. The van der Waals surface area contributed by atoms with Crippen molar-refractivity contribution in [3.63, 3.8) is 0 Å². The van der Waals surface area contributed by atoms with Crippen molar-refractivity contribution in [2.75, 3.05) is 24.7 Å². The Kier molecular flexibility index (Phi) is 3.51. The Morgan fingerprint density at radius 3 is 3.00 bits per heavy atom. The van der Waals surface area contributed by atoms with Crippen LogP contribution in [0, 0.1) is 10.1 Å². The van der Waals surface area contributed by atoms with Gasteiger partial charge < -0.3 is 24.5 Å². The normalized spacial score (nSPS) is 19.5. The topological polar surface area (TPSA) is 82.7 Å². The first kappa shape index (κ1) is 14.8. The largest absolute Gasteiger partial charge is 0.486 e. The summed E-state index contributed by atoms with van der Waals surface area (Å²) in [4.78, 5) is 16.9. The van der Waals surface area contributed by atoms with E-state index >= 15 is 0 Å². The summed E-state index contributed by atoms with van der Waals surface area (Å²) in [6, 6.07) is 5.86. The van der Waals surface area contributed by atoms with Gasteiger partial charge in [-0.25, -0.2) is 0 Å². The molecule has 1 saturated heterocycles. The van der Waals surface area contributed by atoms with Crippen LogP contribution in [-0.4, -0.2) is 34.2 Å². The van der Waals surface area contributed by atoms with E-state index in [0.717, 1.165) is 36.4 Å². The lowest BCUT2D eigenvalue weighted by Crippen LogP contribution is -2.26. The van der Waals surface area contributed by atoms with E-state index in [0.29, 0.717) is 19.0 Å². The molecule has 0 saturated carbocycles. The number of hydrogen-bond acceptors (Lipinski definition) is 6. The van der Waals surface area contributed by atoms with Gasteiger partial charge >= 0.3 is 5.82 Å². The highest BCUT2D eigenvalue weighted by Crippen LogP contribution is 2.45. The molecule has 24 heavy (non-hydrogen) atoms. The number of hydrogen-bond donors (Lipinski definition) is 0. The summed E-state index contributed by atoms with van der Waals surface area (Å²) in [6.07, 6.45) is 3.35. The van der Waals surface area contributed by atoms with Crippen molar-refractivity contribution in [1.29, 1.82) is 0 Å². The molecular formula is C16H18N4O4. The van der Waals surface area contributed by atoms with Crippen molar-refractivity contribution >= 4 is 11.6 Å². The second kappa shape index (κ2) is 5.70. The molecule has 0 unspecified atom stereocenters. The van der Waals surface area contributed by atoms with Gasteiger partial charge in [-0.1, -0.05) is 12.1 Å². The van der Waals surface area contributed by atoms with Crippen LogP contribution in [0.2, 0.25) is 0 Å². The highest BCUT2D eigenvalue weighted by molar-refractivity contribution is 5.59. The average Bonchev–Trinajstić information content (AvgIpc) is 3.20. The quantitative estimate of drug-likeness (QED) is 0.635. The number of aromatic nitrogens is 2. The maximum atomic E-state index is 11.3. The maximum absolute atomic E-state index is 11.3. The van der Waals surface area contributed by atoms with Crippen LogP contribution >= 0.6 is 0 Å². The van der Waals surface area contributed by atoms with Gasteiger partial charge in [-0.2, -0.15) is 0 Å². The third-order valence-corrected chi connectivity index (χ3v) is 4.54. The lowest BCUT2D eigenvalue weighted by Gasteiger charge is -2.29. The first-order valence-electron chi connectivity index (χ1n) is 7.97. The van der Waals surface area contributed by atoms with Crippen LogP contribution in [0.1, 0.15) is 24.4 Å². The summed E-state index contributed by atoms with van der Waals surface area (Å²) in [7, 11) is 1.78. The molecule has 4 rings (SSSR count). The molecule has 2 aromatic rings. The molecule has 0 radical (unpaired) electrons. The van der Waals surface area contributed by atoms with E-state index in [9.17, 15) is 10.1 Å². The second-order valence-corrected chi connectivity index (χ2v) is 5.98. The molecule has 1 fully saturated rings. The van der Waals surface area contributed by atoms with E-state index in [-0.39, 0.29) is 11.9 Å². The first-order chi connectivity index (χ1) is 11.7. The summed E-state index contributed by atoms with van der Waals surface area (Å²) in [6.45, 7) is 1.80. The van der Waals surface area contributed by atoms with E-state index in [4.69, 9.17) is 9.47 Å². The standard InChI is InChI=1S/C16H18N4O4/c1-18-10-17-15(20(21)22)16(18)19-7-3-5-12(19)11-4-2-6-13-14(11)24-9-8-23-13/h2,4,6,10,12H,3,5,7-9H2,1H3/t12-/m1/s1. The summed E-state index contributed by atoms with van der Waals surface area (Å²) < 4.78 is 13.2. The van der Waals surface area contributed by atoms with Gasteiger partial charge in [-0.3, -0.25) is 4.57 Å². The molecule has 2 aliphatic heterocycles. The minimum atomic E-state index is -0.426. The smallest absolute Gasteiger partial charge is 0.406 e. The minimum Gasteiger partial charge on any atom is -0.486 e. The average molecular weight is 330 g/mol.